The first-order valence-corrected chi connectivity index (χ1v) is 18.8. The molecule has 0 bridgehead atoms. The molecule has 2 aromatic rings. The van der Waals surface area contributed by atoms with Gasteiger partial charge in [-0.25, -0.2) is 0 Å². The molecule has 0 amide bonds. The minimum absolute atomic E-state index is 0.382. The summed E-state index contributed by atoms with van der Waals surface area (Å²) in [6.45, 7) is 11.9. The molecule has 2 atom stereocenters. The highest BCUT2D eigenvalue weighted by atomic mass is 31.2. The van der Waals surface area contributed by atoms with Crippen molar-refractivity contribution in [2.24, 2.45) is 5.41 Å². The molecule has 0 heterocycles. The SMILES string of the molecule is CCCCCCCCCOP(Oc1ccccc1)OC(OP(OCCCCCCCCC)Oc1ccccc1)C(C)(C)C. The second-order valence-corrected chi connectivity index (χ2v) is 14.3. The average molecular weight is 637 g/mol. The standard InChI is InChI=1S/C35H58O6P2/c1-6-8-10-12-14-16-24-30-36-42(38-32-26-20-18-21-27-32)40-34(35(3,4)5)41-43(39-33-28-22-19-23-29-33)37-31-25-17-15-13-11-9-7-2/h18-23,26-29,34H,6-17,24-25,30-31H2,1-5H3. The molecule has 0 fully saturated rings. The molecular weight excluding hydrogens is 578 g/mol. The van der Waals surface area contributed by atoms with Crippen LogP contribution < -0.4 is 9.05 Å². The fourth-order valence-electron chi connectivity index (χ4n) is 4.18. The maximum atomic E-state index is 6.48. The number of benzene rings is 2. The van der Waals surface area contributed by atoms with Crippen molar-refractivity contribution in [1.82, 2.24) is 0 Å². The highest BCUT2D eigenvalue weighted by Gasteiger charge is 2.36. The number of hydrogen-bond donors (Lipinski definition) is 0. The van der Waals surface area contributed by atoms with E-state index in [4.69, 9.17) is 27.1 Å². The van der Waals surface area contributed by atoms with Crippen molar-refractivity contribution in [3.63, 3.8) is 0 Å². The van der Waals surface area contributed by atoms with Crippen LogP contribution in [0.1, 0.15) is 125 Å². The highest BCUT2D eigenvalue weighted by molar-refractivity contribution is 7.43. The summed E-state index contributed by atoms with van der Waals surface area (Å²) < 4.78 is 37.8. The van der Waals surface area contributed by atoms with Crippen molar-refractivity contribution in [3.05, 3.63) is 60.7 Å². The summed E-state index contributed by atoms with van der Waals surface area (Å²) in [7, 11) is -3.43. The lowest BCUT2D eigenvalue weighted by molar-refractivity contribution is -0.0869. The van der Waals surface area contributed by atoms with Gasteiger partial charge in [-0.2, -0.15) is 0 Å². The third-order valence-electron chi connectivity index (χ3n) is 6.81. The van der Waals surface area contributed by atoms with E-state index in [9.17, 15) is 0 Å². The second kappa shape index (κ2) is 24.0. The van der Waals surface area contributed by atoms with Crippen molar-refractivity contribution in [2.45, 2.75) is 131 Å². The molecule has 0 radical (unpaired) electrons. The van der Waals surface area contributed by atoms with Crippen LogP contribution >= 0.6 is 17.2 Å². The first-order valence-electron chi connectivity index (χ1n) is 16.6. The van der Waals surface area contributed by atoms with Crippen LogP contribution in [-0.4, -0.2) is 19.5 Å². The molecule has 0 spiro atoms. The predicted molar refractivity (Wildman–Crippen MR) is 181 cm³/mol. The first kappa shape index (κ1) is 37.9. The molecule has 0 saturated carbocycles. The van der Waals surface area contributed by atoms with Crippen LogP contribution in [0.4, 0.5) is 0 Å². The highest BCUT2D eigenvalue weighted by Crippen LogP contribution is 2.50. The van der Waals surface area contributed by atoms with E-state index in [0.29, 0.717) is 24.7 Å². The van der Waals surface area contributed by atoms with Crippen LogP contribution in [0.25, 0.3) is 0 Å². The molecule has 0 aliphatic rings. The summed E-state index contributed by atoms with van der Waals surface area (Å²) in [6.07, 6.45) is 16.3. The van der Waals surface area contributed by atoms with Crippen molar-refractivity contribution < 1.29 is 27.1 Å². The zero-order valence-corrected chi connectivity index (χ0v) is 29.3. The van der Waals surface area contributed by atoms with Gasteiger partial charge in [0.25, 0.3) is 0 Å². The zero-order chi connectivity index (χ0) is 31.0. The van der Waals surface area contributed by atoms with Gasteiger partial charge in [0.1, 0.15) is 11.5 Å². The fourth-order valence-corrected chi connectivity index (χ4v) is 6.74. The Hall–Kier alpha value is -1.26. The average Bonchev–Trinajstić information content (AvgIpc) is 2.99. The second-order valence-electron chi connectivity index (χ2n) is 12.1. The molecular formula is C35H58O6P2. The van der Waals surface area contributed by atoms with E-state index >= 15 is 0 Å². The van der Waals surface area contributed by atoms with E-state index in [1.54, 1.807) is 0 Å². The summed E-state index contributed by atoms with van der Waals surface area (Å²) in [5, 5.41) is 0. The lowest BCUT2D eigenvalue weighted by Crippen LogP contribution is -2.31. The topological polar surface area (TPSA) is 55.4 Å². The van der Waals surface area contributed by atoms with Crippen LogP contribution in [0.15, 0.2) is 60.7 Å². The Balaban J connectivity index is 2.02. The molecule has 244 valence electrons. The molecule has 2 rings (SSSR count). The lowest BCUT2D eigenvalue weighted by atomic mass is 9.96. The quantitative estimate of drug-likeness (QED) is 0.0582. The lowest BCUT2D eigenvalue weighted by Gasteiger charge is -2.33. The third-order valence-corrected chi connectivity index (χ3v) is 9.04. The first-order chi connectivity index (χ1) is 20.9. The Labute approximate surface area is 265 Å². The summed E-state index contributed by atoms with van der Waals surface area (Å²) >= 11 is 0. The molecule has 0 N–H and O–H groups in total. The van der Waals surface area contributed by atoms with Crippen molar-refractivity contribution in [3.8, 4) is 11.5 Å². The number of hydrogen-bond acceptors (Lipinski definition) is 6. The van der Waals surface area contributed by atoms with Crippen LogP contribution in [0.3, 0.4) is 0 Å². The van der Waals surface area contributed by atoms with Crippen LogP contribution in [-0.2, 0) is 18.1 Å². The smallest absolute Gasteiger partial charge is 0.399 e. The van der Waals surface area contributed by atoms with Crippen LogP contribution in [0.5, 0.6) is 11.5 Å². The van der Waals surface area contributed by atoms with Crippen molar-refractivity contribution in [2.75, 3.05) is 13.2 Å². The Morgan fingerprint density at radius 1 is 0.512 bits per heavy atom. The fraction of sp³-hybridized carbons (Fsp3) is 0.657. The van der Waals surface area contributed by atoms with Gasteiger partial charge in [0.15, 0.2) is 6.29 Å². The minimum Gasteiger partial charge on any atom is -0.427 e. The van der Waals surface area contributed by atoms with Gasteiger partial charge < -0.3 is 18.1 Å². The van der Waals surface area contributed by atoms with Gasteiger partial charge >= 0.3 is 17.2 Å². The monoisotopic (exact) mass is 636 g/mol. The molecule has 2 unspecified atom stereocenters. The van der Waals surface area contributed by atoms with Gasteiger partial charge in [-0.05, 0) is 37.1 Å². The molecule has 0 aromatic heterocycles. The van der Waals surface area contributed by atoms with Gasteiger partial charge in [-0.1, -0.05) is 148 Å². The largest absolute Gasteiger partial charge is 0.427 e. The van der Waals surface area contributed by atoms with E-state index in [2.05, 4.69) is 34.6 Å². The molecule has 43 heavy (non-hydrogen) atoms. The normalized spacial score (nSPS) is 13.9. The summed E-state index contributed by atoms with van der Waals surface area (Å²) in [5.74, 6) is 1.41. The number of unbranched alkanes of at least 4 members (excludes halogenated alkanes) is 12. The molecule has 2 aromatic carbocycles. The van der Waals surface area contributed by atoms with E-state index in [0.717, 1.165) is 25.7 Å². The Morgan fingerprint density at radius 2 is 0.860 bits per heavy atom. The molecule has 0 saturated heterocycles. The summed E-state index contributed by atoms with van der Waals surface area (Å²) in [5.41, 5.74) is -0.382. The Bertz CT molecular complexity index is 829. The van der Waals surface area contributed by atoms with Crippen LogP contribution in [0, 0.1) is 5.41 Å². The van der Waals surface area contributed by atoms with E-state index in [1.165, 1.54) is 64.2 Å². The van der Waals surface area contributed by atoms with E-state index in [1.807, 2.05) is 60.7 Å². The Kier molecular flexibility index (Phi) is 21.2. The molecule has 8 heteroatoms. The van der Waals surface area contributed by atoms with E-state index in [-0.39, 0.29) is 5.41 Å². The maximum absolute atomic E-state index is 6.48. The maximum Gasteiger partial charge on any atom is 0.399 e. The van der Waals surface area contributed by atoms with Gasteiger partial charge in [0.2, 0.25) is 0 Å². The molecule has 0 aliphatic carbocycles. The summed E-state index contributed by atoms with van der Waals surface area (Å²) in [4.78, 5) is 0. The Morgan fingerprint density at radius 3 is 1.21 bits per heavy atom. The van der Waals surface area contributed by atoms with Crippen LogP contribution in [0.2, 0.25) is 0 Å². The summed E-state index contributed by atoms with van der Waals surface area (Å²) in [6, 6.07) is 19.4. The van der Waals surface area contributed by atoms with Crippen molar-refractivity contribution >= 4 is 17.2 Å². The van der Waals surface area contributed by atoms with E-state index < -0.39 is 23.5 Å². The zero-order valence-electron chi connectivity index (χ0n) is 27.5. The predicted octanol–water partition coefficient (Wildman–Crippen LogP) is 12.5. The number of rotatable bonds is 26. The van der Waals surface area contributed by atoms with Gasteiger partial charge in [-0.3, -0.25) is 9.05 Å². The van der Waals surface area contributed by atoms with Gasteiger partial charge in [0, 0.05) is 5.41 Å². The van der Waals surface area contributed by atoms with Gasteiger partial charge in [0.05, 0.1) is 13.2 Å². The van der Waals surface area contributed by atoms with Gasteiger partial charge in [-0.15, -0.1) is 0 Å². The van der Waals surface area contributed by atoms with Crippen molar-refractivity contribution in [1.29, 1.82) is 0 Å². The third kappa shape index (κ3) is 19.0. The minimum atomic E-state index is -1.71. The molecule has 0 aliphatic heterocycles. The molecule has 6 nitrogen and oxygen atoms in total. The number of para-hydroxylation sites is 2.